The summed E-state index contributed by atoms with van der Waals surface area (Å²) < 4.78 is 0. The Hall–Kier alpha value is -0.970. The zero-order valence-electron chi connectivity index (χ0n) is 10.4. The maximum Gasteiger partial charge on any atom is 0.237 e. The molecule has 2 rings (SSSR count). The van der Waals surface area contributed by atoms with Crippen LogP contribution in [0.2, 0.25) is 10.0 Å². The van der Waals surface area contributed by atoms with Crippen molar-refractivity contribution in [1.82, 2.24) is 10.6 Å². The van der Waals surface area contributed by atoms with E-state index in [0.717, 1.165) is 25.8 Å². The first kappa shape index (κ1) is 14.4. The molecule has 0 aliphatic carbocycles. The molecule has 0 unspecified atom stereocenters. The predicted molar refractivity (Wildman–Crippen MR) is 75.6 cm³/mol. The summed E-state index contributed by atoms with van der Waals surface area (Å²) in [6, 6.07) is 2.89. The topological polar surface area (TPSA) is 61.4 Å². The van der Waals surface area contributed by atoms with Crippen LogP contribution in [0.25, 0.3) is 0 Å². The van der Waals surface area contributed by atoms with E-state index in [1.165, 1.54) is 6.07 Å². The van der Waals surface area contributed by atoms with Gasteiger partial charge in [0.2, 0.25) is 5.91 Å². The van der Waals surface area contributed by atoms with E-state index in [1.807, 2.05) is 0 Å². The normalized spacial score (nSPS) is 19.9. The second-order valence-corrected chi connectivity index (χ2v) is 5.46. The molecule has 0 spiro atoms. The Morgan fingerprint density at radius 1 is 1.37 bits per heavy atom. The van der Waals surface area contributed by atoms with Gasteiger partial charge in [-0.05, 0) is 31.4 Å². The lowest BCUT2D eigenvalue weighted by Crippen LogP contribution is -2.42. The van der Waals surface area contributed by atoms with Crippen molar-refractivity contribution in [2.24, 2.45) is 0 Å². The van der Waals surface area contributed by atoms with Gasteiger partial charge in [0.1, 0.15) is 5.75 Å². The minimum absolute atomic E-state index is 0.00474. The van der Waals surface area contributed by atoms with Crippen LogP contribution in [0.1, 0.15) is 24.8 Å². The highest BCUT2D eigenvalue weighted by Gasteiger charge is 2.20. The number of amides is 1. The number of hydrogen-bond acceptors (Lipinski definition) is 3. The van der Waals surface area contributed by atoms with Gasteiger partial charge in [-0.25, -0.2) is 0 Å². The Morgan fingerprint density at radius 3 is 2.95 bits per heavy atom. The molecule has 6 heteroatoms. The maximum atomic E-state index is 11.8. The van der Waals surface area contributed by atoms with Crippen LogP contribution in [-0.2, 0) is 11.3 Å². The molecule has 1 fully saturated rings. The quantitative estimate of drug-likeness (QED) is 0.804. The number of phenolic OH excluding ortho intramolecular Hbond substituents is 1. The van der Waals surface area contributed by atoms with Crippen LogP contribution in [-0.4, -0.2) is 23.6 Å². The van der Waals surface area contributed by atoms with Crippen molar-refractivity contribution in [3.63, 3.8) is 0 Å². The molecular formula is C13H16Cl2N2O2. The fourth-order valence-corrected chi connectivity index (χ4v) is 2.66. The SMILES string of the molecule is O=C1NCCCC[C@H]1NCc1cc(Cl)cc(Cl)c1O. The molecule has 104 valence electrons. The third kappa shape index (κ3) is 3.75. The molecule has 19 heavy (non-hydrogen) atoms. The van der Waals surface area contributed by atoms with Crippen LogP contribution < -0.4 is 10.6 Å². The largest absolute Gasteiger partial charge is 0.506 e. The van der Waals surface area contributed by atoms with E-state index >= 15 is 0 Å². The maximum absolute atomic E-state index is 11.8. The molecule has 1 aliphatic rings. The van der Waals surface area contributed by atoms with Crippen LogP contribution in [0.3, 0.4) is 0 Å². The van der Waals surface area contributed by atoms with Gasteiger partial charge in [0.15, 0.2) is 0 Å². The molecule has 1 aromatic rings. The number of phenols is 1. The summed E-state index contributed by atoms with van der Waals surface area (Å²) in [5.41, 5.74) is 0.592. The van der Waals surface area contributed by atoms with E-state index in [1.54, 1.807) is 6.07 Å². The first-order valence-corrected chi connectivity index (χ1v) is 7.01. The highest BCUT2D eigenvalue weighted by molar-refractivity contribution is 6.35. The lowest BCUT2D eigenvalue weighted by molar-refractivity contribution is -0.122. The fraction of sp³-hybridized carbons (Fsp3) is 0.462. The second kappa shape index (κ2) is 6.46. The van der Waals surface area contributed by atoms with Gasteiger partial charge in [0.25, 0.3) is 0 Å². The third-order valence-electron chi connectivity index (χ3n) is 3.18. The van der Waals surface area contributed by atoms with Gasteiger partial charge in [-0.1, -0.05) is 23.2 Å². The van der Waals surface area contributed by atoms with Crippen molar-refractivity contribution in [3.05, 3.63) is 27.7 Å². The van der Waals surface area contributed by atoms with Crippen molar-refractivity contribution in [1.29, 1.82) is 0 Å². The number of rotatable bonds is 3. The average Bonchev–Trinajstić information content (AvgIpc) is 2.57. The summed E-state index contributed by atoms with van der Waals surface area (Å²) in [5, 5.41) is 16.5. The van der Waals surface area contributed by atoms with Gasteiger partial charge in [-0.15, -0.1) is 0 Å². The molecule has 0 aromatic heterocycles. The molecule has 0 bridgehead atoms. The van der Waals surface area contributed by atoms with E-state index in [2.05, 4.69) is 10.6 Å². The molecule has 1 saturated heterocycles. The average molecular weight is 303 g/mol. The van der Waals surface area contributed by atoms with Crippen LogP contribution in [0.4, 0.5) is 0 Å². The van der Waals surface area contributed by atoms with E-state index in [9.17, 15) is 9.90 Å². The molecule has 4 nitrogen and oxygen atoms in total. The zero-order valence-corrected chi connectivity index (χ0v) is 11.9. The molecular weight excluding hydrogens is 287 g/mol. The Labute approximate surface area is 122 Å². The van der Waals surface area contributed by atoms with E-state index in [-0.39, 0.29) is 22.7 Å². The van der Waals surface area contributed by atoms with Crippen LogP contribution >= 0.6 is 23.2 Å². The summed E-state index contributed by atoms with van der Waals surface area (Å²) >= 11 is 11.7. The van der Waals surface area contributed by atoms with Crippen LogP contribution in [0, 0.1) is 0 Å². The minimum Gasteiger partial charge on any atom is -0.506 e. The van der Waals surface area contributed by atoms with Gasteiger partial charge in [0, 0.05) is 23.7 Å². The van der Waals surface area contributed by atoms with E-state index < -0.39 is 0 Å². The summed E-state index contributed by atoms with van der Waals surface area (Å²) in [6.45, 7) is 1.08. The number of nitrogens with one attached hydrogen (secondary N) is 2. The Bertz CT molecular complexity index is 480. The summed E-state index contributed by atoms with van der Waals surface area (Å²) in [7, 11) is 0. The van der Waals surface area contributed by atoms with Crippen molar-refractivity contribution in [2.75, 3.05) is 6.54 Å². The Morgan fingerprint density at radius 2 is 2.16 bits per heavy atom. The Balaban J connectivity index is 2.03. The summed E-state index contributed by atoms with van der Waals surface area (Å²) in [6.07, 6.45) is 2.79. The van der Waals surface area contributed by atoms with Gasteiger partial charge < -0.3 is 15.7 Å². The lowest BCUT2D eigenvalue weighted by Gasteiger charge is -2.16. The summed E-state index contributed by atoms with van der Waals surface area (Å²) in [5.74, 6) is 0.0118. The van der Waals surface area contributed by atoms with E-state index in [0.29, 0.717) is 17.1 Å². The van der Waals surface area contributed by atoms with Crippen molar-refractivity contribution in [2.45, 2.75) is 31.8 Å². The molecule has 1 atom stereocenters. The van der Waals surface area contributed by atoms with Gasteiger partial charge in [-0.2, -0.15) is 0 Å². The lowest BCUT2D eigenvalue weighted by atomic mass is 10.1. The predicted octanol–water partition coefficient (Wildman–Crippen LogP) is 2.46. The number of hydrogen-bond donors (Lipinski definition) is 3. The first-order valence-electron chi connectivity index (χ1n) is 6.26. The second-order valence-electron chi connectivity index (χ2n) is 4.62. The van der Waals surface area contributed by atoms with Crippen molar-refractivity contribution in [3.8, 4) is 5.75 Å². The monoisotopic (exact) mass is 302 g/mol. The molecule has 1 heterocycles. The van der Waals surface area contributed by atoms with Crippen LogP contribution in [0.15, 0.2) is 12.1 Å². The Kier molecular flexibility index (Phi) is 4.91. The van der Waals surface area contributed by atoms with Gasteiger partial charge in [-0.3, -0.25) is 4.79 Å². The minimum atomic E-state index is -0.236. The van der Waals surface area contributed by atoms with Crippen LogP contribution in [0.5, 0.6) is 5.75 Å². The number of halogens is 2. The first-order chi connectivity index (χ1) is 9.08. The zero-order chi connectivity index (χ0) is 13.8. The smallest absolute Gasteiger partial charge is 0.237 e. The summed E-state index contributed by atoms with van der Waals surface area (Å²) in [4.78, 5) is 11.8. The number of carbonyl (C=O) groups is 1. The third-order valence-corrected chi connectivity index (χ3v) is 3.69. The van der Waals surface area contributed by atoms with E-state index in [4.69, 9.17) is 23.2 Å². The van der Waals surface area contributed by atoms with Gasteiger partial charge in [0.05, 0.1) is 11.1 Å². The standard InChI is InChI=1S/C13H16Cl2N2O2/c14-9-5-8(12(18)10(15)6-9)7-17-11-3-1-2-4-16-13(11)19/h5-6,11,17-18H,1-4,7H2,(H,16,19)/t11-/m1/s1. The highest BCUT2D eigenvalue weighted by Crippen LogP contribution is 2.31. The molecule has 1 aromatic carbocycles. The van der Waals surface area contributed by atoms with Gasteiger partial charge >= 0.3 is 0 Å². The van der Waals surface area contributed by atoms with Crippen molar-refractivity contribution >= 4 is 29.1 Å². The molecule has 0 radical (unpaired) electrons. The molecule has 1 aliphatic heterocycles. The number of benzene rings is 1. The number of carbonyl (C=O) groups excluding carboxylic acids is 1. The fourth-order valence-electron chi connectivity index (χ4n) is 2.12. The molecule has 1 amide bonds. The number of aromatic hydroxyl groups is 1. The van der Waals surface area contributed by atoms with Crippen molar-refractivity contribution < 1.29 is 9.90 Å². The molecule has 3 N–H and O–H groups in total. The molecule has 0 saturated carbocycles. The highest BCUT2D eigenvalue weighted by atomic mass is 35.5.